The quantitative estimate of drug-likeness (QED) is 0.806. The van der Waals surface area contributed by atoms with Crippen molar-refractivity contribution in [3.63, 3.8) is 0 Å². The lowest BCUT2D eigenvalue weighted by atomic mass is 10.2. The fourth-order valence-electron chi connectivity index (χ4n) is 2.14. The smallest absolute Gasteiger partial charge is 0.269 e. The molecule has 0 saturated carbocycles. The van der Waals surface area contributed by atoms with Gasteiger partial charge in [0.15, 0.2) is 11.5 Å². The third-order valence-electron chi connectivity index (χ3n) is 3.43. The minimum absolute atomic E-state index is 0.202. The van der Waals surface area contributed by atoms with E-state index in [1.165, 1.54) is 26.5 Å². The summed E-state index contributed by atoms with van der Waals surface area (Å²) in [4.78, 5) is 28.4. The maximum absolute atomic E-state index is 12.4. The van der Waals surface area contributed by atoms with E-state index in [0.717, 1.165) is 6.42 Å². The number of hydrogen-bond acceptors (Lipinski definition) is 5. The maximum Gasteiger partial charge on any atom is 0.269 e. The van der Waals surface area contributed by atoms with E-state index in [-0.39, 0.29) is 17.5 Å². The zero-order valence-electron chi connectivity index (χ0n) is 14.5. The monoisotopic (exact) mass is 343 g/mol. The number of pyridine rings is 1. The lowest BCUT2D eigenvalue weighted by Crippen LogP contribution is -2.25. The molecule has 2 rings (SSSR count). The lowest BCUT2D eigenvalue weighted by Gasteiger charge is -2.11. The van der Waals surface area contributed by atoms with Gasteiger partial charge in [0.2, 0.25) is 0 Å². The Balaban J connectivity index is 2.14. The number of anilines is 1. The molecule has 0 radical (unpaired) electrons. The van der Waals surface area contributed by atoms with Gasteiger partial charge in [-0.25, -0.2) is 0 Å². The van der Waals surface area contributed by atoms with Crippen molar-refractivity contribution >= 4 is 17.5 Å². The summed E-state index contributed by atoms with van der Waals surface area (Å²) >= 11 is 0. The second-order valence-electron chi connectivity index (χ2n) is 5.21. The molecule has 1 aromatic carbocycles. The van der Waals surface area contributed by atoms with Crippen LogP contribution in [0.4, 0.5) is 5.69 Å². The van der Waals surface area contributed by atoms with Gasteiger partial charge >= 0.3 is 0 Å². The highest BCUT2D eigenvalue weighted by molar-refractivity contribution is 6.05. The Kier molecular flexibility index (Phi) is 6.33. The molecule has 1 aromatic heterocycles. The summed E-state index contributed by atoms with van der Waals surface area (Å²) in [5.74, 6) is 0.427. The predicted octanol–water partition coefficient (Wildman–Crippen LogP) is 2.49. The molecular weight excluding hydrogens is 322 g/mol. The summed E-state index contributed by atoms with van der Waals surface area (Å²) in [5, 5.41) is 5.49. The molecule has 0 fully saturated rings. The number of rotatable bonds is 7. The van der Waals surface area contributed by atoms with Gasteiger partial charge in [-0.15, -0.1) is 0 Å². The summed E-state index contributed by atoms with van der Waals surface area (Å²) in [6.45, 7) is 2.52. The first kappa shape index (κ1) is 18.3. The van der Waals surface area contributed by atoms with Crippen LogP contribution < -0.4 is 20.1 Å². The summed E-state index contributed by atoms with van der Waals surface area (Å²) in [6, 6.07) is 8.07. The van der Waals surface area contributed by atoms with E-state index in [9.17, 15) is 9.59 Å². The van der Waals surface area contributed by atoms with E-state index < -0.39 is 0 Å². The Morgan fingerprint density at radius 3 is 2.48 bits per heavy atom. The molecule has 7 heteroatoms. The van der Waals surface area contributed by atoms with Gasteiger partial charge in [0.1, 0.15) is 5.69 Å². The molecule has 0 saturated heterocycles. The van der Waals surface area contributed by atoms with E-state index in [2.05, 4.69) is 15.6 Å². The van der Waals surface area contributed by atoms with Crippen LogP contribution in [0.1, 0.15) is 34.2 Å². The van der Waals surface area contributed by atoms with Crippen LogP contribution in [0.15, 0.2) is 36.5 Å². The van der Waals surface area contributed by atoms with Crippen LogP contribution in [0, 0.1) is 0 Å². The average molecular weight is 343 g/mol. The molecule has 0 aliphatic heterocycles. The minimum atomic E-state index is -0.348. The Morgan fingerprint density at radius 1 is 1.04 bits per heavy atom. The van der Waals surface area contributed by atoms with E-state index in [1.54, 1.807) is 24.3 Å². The van der Waals surface area contributed by atoms with Crippen molar-refractivity contribution < 1.29 is 19.1 Å². The molecule has 25 heavy (non-hydrogen) atoms. The summed E-state index contributed by atoms with van der Waals surface area (Å²) in [6.07, 6.45) is 2.26. The summed E-state index contributed by atoms with van der Waals surface area (Å²) < 4.78 is 10.4. The molecule has 132 valence electrons. The number of ether oxygens (including phenoxy) is 2. The highest BCUT2D eigenvalue weighted by Gasteiger charge is 2.13. The third-order valence-corrected chi connectivity index (χ3v) is 3.43. The molecule has 0 bridgehead atoms. The van der Waals surface area contributed by atoms with Gasteiger partial charge in [-0.05, 0) is 30.7 Å². The van der Waals surface area contributed by atoms with Crippen molar-refractivity contribution in [2.75, 3.05) is 26.1 Å². The number of benzene rings is 1. The molecule has 0 aliphatic rings. The second kappa shape index (κ2) is 8.68. The number of carbonyl (C=O) groups excluding carboxylic acids is 2. The van der Waals surface area contributed by atoms with Gasteiger partial charge in [-0.2, -0.15) is 0 Å². The summed E-state index contributed by atoms with van der Waals surface area (Å²) in [5.41, 5.74) is 1.09. The first-order valence-electron chi connectivity index (χ1n) is 7.86. The summed E-state index contributed by atoms with van der Waals surface area (Å²) in [7, 11) is 3.06. The number of hydrogen-bond donors (Lipinski definition) is 2. The molecule has 0 spiro atoms. The van der Waals surface area contributed by atoms with Crippen molar-refractivity contribution in [3.8, 4) is 11.5 Å². The van der Waals surface area contributed by atoms with Crippen molar-refractivity contribution in [2.24, 2.45) is 0 Å². The van der Waals surface area contributed by atoms with Crippen molar-refractivity contribution in [1.29, 1.82) is 0 Å². The Morgan fingerprint density at radius 2 is 1.80 bits per heavy atom. The van der Waals surface area contributed by atoms with E-state index in [0.29, 0.717) is 29.3 Å². The number of amides is 2. The zero-order chi connectivity index (χ0) is 18.2. The Bertz CT molecular complexity index is 762. The number of carbonyl (C=O) groups is 2. The van der Waals surface area contributed by atoms with Gasteiger partial charge in [-0.3, -0.25) is 14.6 Å². The van der Waals surface area contributed by atoms with Crippen LogP contribution in [-0.4, -0.2) is 37.6 Å². The average Bonchev–Trinajstić information content (AvgIpc) is 2.65. The van der Waals surface area contributed by atoms with E-state index in [1.807, 2.05) is 6.92 Å². The molecule has 0 unspecified atom stereocenters. The number of nitrogens with one attached hydrogen (secondary N) is 2. The largest absolute Gasteiger partial charge is 0.493 e. The maximum atomic E-state index is 12.4. The zero-order valence-corrected chi connectivity index (χ0v) is 14.5. The van der Waals surface area contributed by atoms with Gasteiger partial charge in [-0.1, -0.05) is 6.92 Å². The molecule has 2 aromatic rings. The number of aromatic nitrogens is 1. The Labute approximate surface area is 146 Å². The molecule has 2 amide bonds. The van der Waals surface area contributed by atoms with Gasteiger partial charge in [0.25, 0.3) is 11.8 Å². The topological polar surface area (TPSA) is 89.6 Å². The van der Waals surface area contributed by atoms with Crippen molar-refractivity contribution in [3.05, 3.63) is 47.8 Å². The van der Waals surface area contributed by atoms with Gasteiger partial charge < -0.3 is 20.1 Å². The fraction of sp³-hybridized carbons (Fsp3) is 0.278. The van der Waals surface area contributed by atoms with Crippen LogP contribution in [0.25, 0.3) is 0 Å². The molecule has 2 N–H and O–H groups in total. The van der Waals surface area contributed by atoms with Gasteiger partial charge in [0, 0.05) is 30.1 Å². The van der Waals surface area contributed by atoms with Crippen molar-refractivity contribution in [2.45, 2.75) is 13.3 Å². The Hall–Kier alpha value is -3.09. The van der Waals surface area contributed by atoms with E-state index >= 15 is 0 Å². The highest BCUT2D eigenvalue weighted by atomic mass is 16.5. The standard InChI is InChI=1S/C18H21N3O4/c1-4-8-20-18(23)14-10-12(7-9-19-14)17(22)21-13-5-6-15(24-2)16(11-13)25-3/h5-7,9-11H,4,8H2,1-3H3,(H,20,23)(H,21,22). The molecule has 0 aliphatic carbocycles. The first-order valence-corrected chi connectivity index (χ1v) is 7.86. The van der Waals surface area contributed by atoms with Crippen LogP contribution in [0.3, 0.4) is 0 Å². The van der Waals surface area contributed by atoms with Crippen LogP contribution >= 0.6 is 0 Å². The third kappa shape index (κ3) is 4.69. The van der Waals surface area contributed by atoms with Crippen LogP contribution in [0.5, 0.6) is 11.5 Å². The first-order chi connectivity index (χ1) is 12.1. The van der Waals surface area contributed by atoms with E-state index in [4.69, 9.17) is 9.47 Å². The molecular formula is C18H21N3O4. The second-order valence-corrected chi connectivity index (χ2v) is 5.21. The minimum Gasteiger partial charge on any atom is -0.493 e. The number of nitrogens with zero attached hydrogens (tertiary/aromatic N) is 1. The van der Waals surface area contributed by atoms with Crippen LogP contribution in [0.2, 0.25) is 0 Å². The molecule has 7 nitrogen and oxygen atoms in total. The van der Waals surface area contributed by atoms with Crippen LogP contribution in [-0.2, 0) is 0 Å². The predicted molar refractivity (Wildman–Crippen MR) is 94.4 cm³/mol. The molecule has 1 heterocycles. The highest BCUT2D eigenvalue weighted by Crippen LogP contribution is 2.29. The normalized spacial score (nSPS) is 10.0. The van der Waals surface area contributed by atoms with Gasteiger partial charge in [0.05, 0.1) is 14.2 Å². The number of methoxy groups -OCH3 is 2. The lowest BCUT2D eigenvalue weighted by molar-refractivity contribution is 0.0948. The van der Waals surface area contributed by atoms with Crippen molar-refractivity contribution in [1.82, 2.24) is 10.3 Å². The fourth-order valence-corrected chi connectivity index (χ4v) is 2.14. The SMILES string of the molecule is CCCNC(=O)c1cc(C(=O)Nc2ccc(OC)c(OC)c2)ccn1. The molecule has 0 atom stereocenters.